The summed E-state index contributed by atoms with van der Waals surface area (Å²) >= 11 is 6.52. The van der Waals surface area contributed by atoms with Gasteiger partial charge >= 0.3 is 0 Å². The number of carbonyl (C=O) groups is 1. The van der Waals surface area contributed by atoms with Crippen LogP contribution in [-0.4, -0.2) is 22.3 Å². The summed E-state index contributed by atoms with van der Waals surface area (Å²) in [5, 5.41) is 10.7. The number of para-hydroxylation sites is 2. The molecule has 2 aromatic carbocycles. The largest absolute Gasteiger partial charge is 0.495 e. The molecule has 1 fully saturated rings. The first-order chi connectivity index (χ1) is 12.0. The Morgan fingerprint density at radius 1 is 1.20 bits per heavy atom. The van der Waals surface area contributed by atoms with E-state index in [0.29, 0.717) is 26.2 Å². The molecule has 1 amide bonds. The summed E-state index contributed by atoms with van der Waals surface area (Å²) in [5.74, 6) is 0.299. The molecule has 0 aromatic heterocycles. The highest BCUT2D eigenvalue weighted by Gasteiger charge is 2.34. The standard InChI is InChI=1S/C17H12N2O4S2/c1-23-14-5-3-2-4-13(14)18-16(20)15(25-17(18)24)10-11-6-8-12(9-7-11)19(21)22/h2-10H,1H3/b15-10-. The SMILES string of the molecule is COc1ccccc1N1C(=O)/C(=C/c2ccc([N+](=O)[O-])cc2)SC1=S. The molecule has 0 aliphatic carbocycles. The number of nitrogens with zero attached hydrogens (tertiary/aromatic N) is 2. The number of hydrogen-bond acceptors (Lipinski definition) is 6. The van der Waals surface area contributed by atoms with Crippen LogP contribution < -0.4 is 9.64 Å². The van der Waals surface area contributed by atoms with Crippen LogP contribution in [0.1, 0.15) is 5.56 Å². The molecule has 25 heavy (non-hydrogen) atoms. The third-order valence-electron chi connectivity index (χ3n) is 3.52. The van der Waals surface area contributed by atoms with E-state index in [-0.39, 0.29) is 11.6 Å². The highest BCUT2D eigenvalue weighted by atomic mass is 32.2. The molecular weight excluding hydrogens is 360 g/mol. The molecule has 0 saturated carbocycles. The molecule has 0 atom stereocenters. The second kappa shape index (κ2) is 7.04. The van der Waals surface area contributed by atoms with Crippen molar-refractivity contribution in [1.29, 1.82) is 0 Å². The number of non-ortho nitro benzene ring substituents is 1. The Bertz CT molecular complexity index is 894. The van der Waals surface area contributed by atoms with E-state index in [1.54, 1.807) is 36.4 Å². The second-order valence-corrected chi connectivity index (χ2v) is 6.71. The molecule has 1 aliphatic heterocycles. The van der Waals surface area contributed by atoms with Crippen molar-refractivity contribution < 1.29 is 14.5 Å². The van der Waals surface area contributed by atoms with Gasteiger partial charge < -0.3 is 4.74 Å². The zero-order chi connectivity index (χ0) is 18.0. The molecule has 1 saturated heterocycles. The Balaban J connectivity index is 1.92. The van der Waals surface area contributed by atoms with E-state index in [1.165, 1.54) is 35.9 Å². The third kappa shape index (κ3) is 3.40. The molecule has 0 bridgehead atoms. The average Bonchev–Trinajstić information content (AvgIpc) is 2.89. The van der Waals surface area contributed by atoms with Crippen LogP contribution in [0.5, 0.6) is 5.75 Å². The predicted molar refractivity (Wildman–Crippen MR) is 102 cm³/mol. The van der Waals surface area contributed by atoms with E-state index in [4.69, 9.17) is 17.0 Å². The van der Waals surface area contributed by atoms with Crippen molar-refractivity contribution in [1.82, 2.24) is 0 Å². The number of nitro groups is 1. The minimum atomic E-state index is -0.467. The zero-order valence-corrected chi connectivity index (χ0v) is 14.7. The lowest BCUT2D eigenvalue weighted by Gasteiger charge is -2.17. The summed E-state index contributed by atoms with van der Waals surface area (Å²) in [6.07, 6.45) is 1.67. The van der Waals surface area contributed by atoms with Crippen molar-refractivity contribution in [3.63, 3.8) is 0 Å². The molecule has 0 radical (unpaired) electrons. The topological polar surface area (TPSA) is 72.7 Å². The fraction of sp³-hybridized carbons (Fsp3) is 0.0588. The van der Waals surface area contributed by atoms with E-state index in [9.17, 15) is 14.9 Å². The molecule has 0 N–H and O–H groups in total. The number of rotatable bonds is 4. The molecule has 0 unspecified atom stereocenters. The Labute approximate surface area is 153 Å². The Morgan fingerprint density at radius 3 is 2.52 bits per heavy atom. The van der Waals surface area contributed by atoms with Gasteiger partial charge in [-0.2, -0.15) is 0 Å². The zero-order valence-electron chi connectivity index (χ0n) is 13.0. The van der Waals surface area contributed by atoms with Crippen LogP contribution >= 0.6 is 24.0 Å². The van der Waals surface area contributed by atoms with Crippen LogP contribution in [0, 0.1) is 10.1 Å². The summed E-state index contributed by atoms with van der Waals surface area (Å²) < 4.78 is 5.70. The normalized spacial score (nSPS) is 15.7. The number of hydrogen-bond donors (Lipinski definition) is 0. The number of thiocarbonyl (C=S) groups is 1. The van der Waals surface area contributed by atoms with Crippen LogP contribution in [0.4, 0.5) is 11.4 Å². The van der Waals surface area contributed by atoms with E-state index in [0.717, 1.165) is 0 Å². The first-order valence-corrected chi connectivity index (χ1v) is 8.39. The van der Waals surface area contributed by atoms with Gasteiger partial charge in [0.2, 0.25) is 0 Å². The monoisotopic (exact) mass is 372 g/mol. The van der Waals surface area contributed by atoms with Gasteiger partial charge in [0.15, 0.2) is 4.32 Å². The van der Waals surface area contributed by atoms with E-state index >= 15 is 0 Å². The molecule has 6 nitrogen and oxygen atoms in total. The van der Waals surface area contributed by atoms with Gasteiger partial charge in [-0.15, -0.1) is 0 Å². The highest BCUT2D eigenvalue weighted by Crippen LogP contribution is 2.39. The van der Waals surface area contributed by atoms with Crippen molar-refractivity contribution in [3.8, 4) is 5.75 Å². The van der Waals surface area contributed by atoms with Crippen molar-refractivity contribution in [3.05, 3.63) is 69.1 Å². The molecule has 3 rings (SSSR count). The summed E-state index contributed by atoms with van der Waals surface area (Å²) in [7, 11) is 1.53. The van der Waals surface area contributed by atoms with E-state index < -0.39 is 4.92 Å². The first kappa shape index (κ1) is 17.1. The highest BCUT2D eigenvalue weighted by molar-refractivity contribution is 8.27. The van der Waals surface area contributed by atoms with E-state index in [1.807, 2.05) is 6.07 Å². The lowest BCUT2D eigenvalue weighted by atomic mass is 10.2. The van der Waals surface area contributed by atoms with Crippen molar-refractivity contribution >= 4 is 51.7 Å². The van der Waals surface area contributed by atoms with Gasteiger partial charge in [0, 0.05) is 12.1 Å². The lowest BCUT2D eigenvalue weighted by Crippen LogP contribution is -2.27. The van der Waals surface area contributed by atoms with Crippen LogP contribution in [0.25, 0.3) is 6.08 Å². The summed E-state index contributed by atoms with van der Waals surface area (Å²) in [6, 6.07) is 13.1. The number of thioether (sulfide) groups is 1. The fourth-order valence-electron chi connectivity index (χ4n) is 2.33. The quantitative estimate of drug-likeness (QED) is 0.349. The van der Waals surface area contributed by atoms with Gasteiger partial charge in [0.25, 0.3) is 11.6 Å². The van der Waals surface area contributed by atoms with E-state index in [2.05, 4.69) is 0 Å². The number of amides is 1. The van der Waals surface area contributed by atoms with Crippen molar-refractivity contribution in [2.24, 2.45) is 0 Å². The fourth-order valence-corrected chi connectivity index (χ4v) is 3.62. The van der Waals surface area contributed by atoms with Crippen LogP contribution in [0.15, 0.2) is 53.4 Å². The summed E-state index contributed by atoms with van der Waals surface area (Å²) in [5.41, 5.74) is 1.27. The predicted octanol–water partition coefficient (Wildman–Crippen LogP) is 4.01. The lowest BCUT2D eigenvalue weighted by molar-refractivity contribution is -0.384. The number of carbonyl (C=O) groups excluding carboxylic acids is 1. The summed E-state index contributed by atoms with van der Waals surface area (Å²) in [4.78, 5) is 24.9. The molecule has 8 heteroatoms. The van der Waals surface area contributed by atoms with Crippen LogP contribution in [0.2, 0.25) is 0 Å². The van der Waals surface area contributed by atoms with Gasteiger partial charge in [0.1, 0.15) is 5.75 Å². The van der Waals surface area contributed by atoms with Crippen LogP contribution in [-0.2, 0) is 4.79 Å². The molecule has 1 aliphatic rings. The van der Waals surface area contributed by atoms with Gasteiger partial charge in [-0.25, -0.2) is 0 Å². The van der Waals surface area contributed by atoms with Crippen molar-refractivity contribution in [2.45, 2.75) is 0 Å². The number of nitro benzene ring substituents is 1. The Hall–Kier alpha value is -2.71. The average molecular weight is 372 g/mol. The smallest absolute Gasteiger partial charge is 0.270 e. The van der Waals surface area contributed by atoms with Gasteiger partial charge in [0.05, 0.1) is 22.6 Å². The second-order valence-electron chi connectivity index (χ2n) is 5.04. The molecule has 1 heterocycles. The van der Waals surface area contributed by atoms with Gasteiger partial charge in [-0.3, -0.25) is 19.8 Å². The minimum Gasteiger partial charge on any atom is -0.495 e. The van der Waals surface area contributed by atoms with Crippen molar-refractivity contribution in [2.75, 3.05) is 12.0 Å². The molecular formula is C17H12N2O4S2. The van der Waals surface area contributed by atoms with Gasteiger partial charge in [-0.05, 0) is 35.9 Å². The minimum absolute atomic E-state index is 0.00118. The van der Waals surface area contributed by atoms with Crippen LogP contribution in [0.3, 0.4) is 0 Å². The maximum absolute atomic E-state index is 12.7. The Kier molecular flexibility index (Phi) is 4.82. The maximum atomic E-state index is 12.7. The number of anilines is 1. The molecule has 0 spiro atoms. The first-order valence-electron chi connectivity index (χ1n) is 7.16. The molecule has 126 valence electrons. The maximum Gasteiger partial charge on any atom is 0.270 e. The molecule has 2 aromatic rings. The van der Waals surface area contributed by atoms with Gasteiger partial charge in [-0.1, -0.05) is 36.1 Å². The summed E-state index contributed by atoms with van der Waals surface area (Å²) in [6.45, 7) is 0. The number of benzene rings is 2. The number of ether oxygens (including phenoxy) is 1. The third-order valence-corrected chi connectivity index (χ3v) is 4.82. The number of methoxy groups -OCH3 is 1. The Morgan fingerprint density at radius 2 is 1.88 bits per heavy atom.